The van der Waals surface area contributed by atoms with Crippen LogP contribution in [0.3, 0.4) is 0 Å². The topological polar surface area (TPSA) is 38.5 Å². The molecule has 0 amide bonds. The Kier molecular flexibility index (Phi) is 3.69. The Labute approximate surface area is 101 Å². The molecule has 1 heterocycles. The van der Waals surface area contributed by atoms with Gasteiger partial charge in [0.05, 0.1) is 23.4 Å². The SMILES string of the molecule is CN(c1c(Cl)cccc1CN)C1CCOC1. The molecule has 1 fully saturated rings. The van der Waals surface area contributed by atoms with E-state index < -0.39 is 0 Å². The third kappa shape index (κ3) is 2.17. The minimum Gasteiger partial charge on any atom is -0.379 e. The van der Waals surface area contributed by atoms with Crippen LogP contribution >= 0.6 is 11.6 Å². The average molecular weight is 241 g/mol. The van der Waals surface area contributed by atoms with Crippen LogP contribution < -0.4 is 10.6 Å². The predicted molar refractivity (Wildman–Crippen MR) is 67.0 cm³/mol. The Morgan fingerprint density at radius 2 is 2.38 bits per heavy atom. The summed E-state index contributed by atoms with van der Waals surface area (Å²) in [5.41, 5.74) is 7.87. The monoisotopic (exact) mass is 240 g/mol. The highest BCUT2D eigenvalue weighted by atomic mass is 35.5. The third-order valence-electron chi connectivity index (χ3n) is 3.10. The maximum atomic E-state index is 6.24. The first-order valence-corrected chi connectivity index (χ1v) is 5.90. The number of ether oxygens (including phenoxy) is 1. The number of likely N-dealkylation sites (N-methyl/N-ethyl adjacent to an activating group) is 1. The molecule has 1 aliphatic rings. The minimum atomic E-state index is 0.408. The highest BCUT2D eigenvalue weighted by Crippen LogP contribution is 2.31. The number of anilines is 1. The van der Waals surface area contributed by atoms with Gasteiger partial charge in [-0.15, -0.1) is 0 Å². The standard InChI is InChI=1S/C12H17ClN2O/c1-15(10-5-6-16-8-10)12-9(7-14)3-2-4-11(12)13/h2-4,10H,5-8,14H2,1H3. The van der Waals surface area contributed by atoms with Gasteiger partial charge < -0.3 is 15.4 Å². The van der Waals surface area contributed by atoms with E-state index in [9.17, 15) is 0 Å². The van der Waals surface area contributed by atoms with Crippen LogP contribution in [0.2, 0.25) is 5.02 Å². The Morgan fingerprint density at radius 3 is 3.00 bits per heavy atom. The summed E-state index contributed by atoms with van der Waals surface area (Å²) in [6.45, 7) is 2.11. The largest absolute Gasteiger partial charge is 0.379 e. The summed E-state index contributed by atoms with van der Waals surface area (Å²) < 4.78 is 5.40. The van der Waals surface area contributed by atoms with E-state index in [0.717, 1.165) is 35.9 Å². The number of hydrogen-bond acceptors (Lipinski definition) is 3. The van der Waals surface area contributed by atoms with Crippen molar-refractivity contribution < 1.29 is 4.74 Å². The van der Waals surface area contributed by atoms with E-state index in [4.69, 9.17) is 22.1 Å². The van der Waals surface area contributed by atoms with Crippen molar-refractivity contribution in [2.24, 2.45) is 5.73 Å². The van der Waals surface area contributed by atoms with Crippen molar-refractivity contribution in [2.75, 3.05) is 25.2 Å². The van der Waals surface area contributed by atoms with Crippen molar-refractivity contribution in [2.45, 2.75) is 19.0 Å². The quantitative estimate of drug-likeness (QED) is 0.879. The maximum absolute atomic E-state index is 6.24. The van der Waals surface area contributed by atoms with Gasteiger partial charge in [0.2, 0.25) is 0 Å². The van der Waals surface area contributed by atoms with Crippen LogP contribution in [0.4, 0.5) is 5.69 Å². The molecule has 2 rings (SSSR count). The van der Waals surface area contributed by atoms with Crippen molar-refractivity contribution in [3.8, 4) is 0 Å². The minimum absolute atomic E-state index is 0.408. The number of hydrogen-bond donors (Lipinski definition) is 1. The molecule has 1 aromatic carbocycles. The van der Waals surface area contributed by atoms with Gasteiger partial charge in [0, 0.05) is 20.2 Å². The van der Waals surface area contributed by atoms with Crippen molar-refractivity contribution in [1.29, 1.82) is 0 Å². The molecule has 1 aromatic rings. The van der Waals surface area contributed by atoms with E-state index in [2.05, 4.69) is 11.9 Å². The molecule has 88 valence electrons. The molecule has 1 unspecified atom stereocenters. The van der Waals surface area contributed by atoms with Gasteiger partial charge in [-0.05, 0) is 18.1 Å². The second-order valence-electron chi connectivity index (χ2n) is 4.08. The highest BCUT2D eigenvalue weighted by molar-refractivity contribution is 6.33. The lowest BCUT2D eigenvalue weighted by atomic mass is 10.1. The van der Waals surface area contributed by atoms with Crippen LogP contribution in [0.25, 0.3) is 0 Å². The zero-order valence-electron chi connectivity index (χ0n) is 9.45. The fourth-order valence-electron chi connectivity index (χ4n) is 2.13. The van der Waals surface area contributed by atoms with Gasteiger partial charge in [0.1, 0.15) is 0 Å². The molecule has 0 aromatic heterocycles. The Balaban J connectivity index is 2.30. The zero-order valence-corrected chi connectivity index (χ0v) is 10.2. The summed E-state index contributed by atoms with van der Waals surface area (Å²) in [5, 5.41) is 0.761. The molecule has 1 atom stereocenters. The molecule has 2 N–H and O–H groups in total. The first-order chi connectivity index (χ1) is 7.74. The van der Waals surface area contributed by atoms with Crippen molar-refractivity contribution in [3.63, 3.8) is 0 Å². The molecular formula is C12H17ClN2O. The summed E-state index contributed by atoms with van der Waals surface area (Å²) in [6.07, 6.45) is 1.05. The third-order valence-corrected chi connectivity index (χ3v) is 3.40. The molecule has 0 aliphatic carbocycles. The summed E-state index contributed by atoms with van der Waals surface area (Å²) in [7, 11) is 2.06. The normalized spacial score (nSPS) is 20.1. The summed E-state index contributed by atoms with van der Waals surface area (Å²) >= 11 is 6.24. The second kappa shape index (κ2) is 5.04. The first kappa shape index (κ1) is 11.7. The molecule has 0 radical (unpaired) electrons. The van der Waals surface area contributed by atoms with Gasteiger partial charge in [-0.1, -0.05) is 23.7 Å². The lowest BCUT2D eigenvalue weighted by Gasteiger charge is -2.28. The number of rotatable bonds is 3. The molecule has 0 saturated carbocycles. The number of benzene rings is 1. The molecule has 3 nitrogen and oxygen atoms in total. The molecule has 0 bridgehead atoms. The number of nitrogens with two attached hydrogens (primary N) is 1. The van der Waals surface area contributed by atoms with Gasteiger partial charge in [0.25, 0.3) is 0 Å². The number of para-hydroxylation sites is 1. The lowest BCUT2D eigenvalue weighted by molar-refractivity contribution is 0.193. The van der Waals surface area contributed by atoms with E-state index in [-0.39, 0.29) is 0 Å². The Morgan fingerprint density at radius 1 is 1.56 bits per heavy atom. The first-order valence-electron chi connectivity index (χ1n) is 5.52. The summed E-state index contributed by atoms with van der Waals surface area (Å²) in [4.78, 5) is 2.19. The van der Waals surface area contributed by atoms with E-state index in [0.29, 0.717) is 12.6 Å². The molecule has 16 heavy (non-hydrogen) atoms. The van der Waals surface area contributed by atoms with E-state index in [1.165, 1.54) is 0 Å². The molecular weight excluding hydrogens is 224 g/mol. The average Bonchev–Trinajstić information content (AvgIpc) is 2.81. The van der Waals surface area contributed by atoms with E-state index in [1.54, 1.807) is 0 Å². The van der Waals surface area contributed by atoms with Gasteiger partial charge in [0.15, 0.2) is 0 Å². The van der Waals surface area contributed by atoms with Crippen molar-refractivity contribution >= 4 is 17.3 Å². The van der Waals surface area contributed by atoms with Gasteiger partial charge in [-0.3, -0.25) is 0 Å². The zero-order chi connectivity index (χ0) is 11.5. The number of nitrogens with zero attached hydrogens (tertiary/aromatic N) is 1. The van der Waals surface area contributed by atoms with Crippen LogP contribution in [-0.2, 0) is 11.3 Å². The fraction of sp³-hybridized carbons (Fsp3) is 0.500. The lowest BCUT2D eigenvalue weighted by Crippen LogP contribution is -2.33. The maximum Gasteiger partial charge on any atom is 0.0670 e. The van der Waals surface area contributed by atoms with Crippen molar-refractivity contribution in [1.82, 2.24) is 0 Å². The van der Waals surface area contributed by atoms with E-state index in [1.807, 2.05) is 18.2 Å². The molecule has 1 aliphatic heterocycles. The Hall–Kier alpha value is -0.770. The van der Waals surface area contributed by atoms with Crippen LogP contribution in [0, 0.1) is 0 Å². The smallest absolute Gasteiger partial charge is 0.0670 e. The molecule has 1 saturated heterocycles. The highest BCUT2D eigenvalue weighted by Gasteiger charge is 2.23. The van der Waals surface area contributed by atoms with Crippen LogP contribution in [0.15, 0.2) is 18.2 Å². The van der Waals surface area contributed by atoms with Gasteiger partial charge in [-0.2, -0.15) is 0 Å². The van der Waals surface area contributed by atoms with E-state index >= 15 is 0 Å². The van der Waals surface area contributed by atoms with Crippen LogP contribution in [-0.4, -0.2) is 26.3 Å². The molecule has 4 heteroatoms. The van der Waals surface area contributed by atoms with Crippen LogP contribution in [0.1, 0.15) is 12.0 Å². The number of halogens is 1. The summed E-state index contributed by atoms with van der Waals surface area (Å²) in [6, 6.07) is 6.27. The fourth-order valence-corrected chi connectivity index (χ4v) is 2.46. The predicted octanol–water partition coefficient (Wildman–Crippen LogP) is 2.02. The van der Waals surface area contributed by atoms with Crippen LogP contribution in [0.5, 0.6) is 0 Å². The Bertz CT molecular complexity index is 364. The molecule has 0 spiro atoms. The van der Waals surface area contributed by atoms with Gasteiger partial charge in [-0.25, -0.2) is 0 Å². The second-order valence-corrected chi connectivity index (χ2v) is 4.49. The van der Waals surface area contributed by atoms with Gasteiger partial charge >= 0.3 is 0 Å². The summed E-state index contributed by atoms with van der Waals surface area (Å²) in [5.74, 6) is 0. The van der Waals surface area contributed by atoms with Crippen molar-refractivity contribution in [3.05, 3.63) is 28.8 Å².